The van der Waals surface area contributed by atoms with Crippen LogP contribution in [0.4, 0.5) is 4.79 Å². The highest BCUT2D eigenvalue weighted by Crippen LogP contribution is 2.11. The molecule has 1 amide bonds. The molecule has 2 atom stereocenters. The lowest BCUT2D eigenvalue weighted by Gasteiger charge is -2.19. The van der Waals surface area contributed by atoms with Gasteiger partial charge in [-0.3, -0.25) is 9.59 Å². The van der Waals surface area contributed by atoms with E-state index in [1.165, 1.54) is 0 Å². The minimum Gasteiger partial charge on any atom is -0.444 e. The van der Waals surface area contributed by atoms with Crippen LogP contribution in [-0.4, -0.2) is 36.4 Å². The Balaban J connectivity index is 0. The topological polar surface area (TPSA) is 98.5 Å². The first-order chi connectivity index (χ1) is 13.5. The third-order valence-electron chi connectivity index (χ3n) is 4.62. The Morgan fingerprint density at radius 2 is 1.31 bits per heavy atom. The summed E-state index contributed by atoms with van der Waals surface area (Å²) in [5.41, 5.74) is 4.89. The molecule has 0 aromatic carbocycles. The summed E-state index contributed by atoms with van der Waals surface area (Å²) >= 11 is 0. The summed E-state index contributed by atoms with van der Waals surface area (Å²) in [5.74, 6) is 1.07. The minimum absolute atomic E-state index is 0.136. The van der Waals surface area contributed by atoms with Gasteiger partial charge < -0.3 is 15.8 Å². The summed E-state index contributed by atoms with van der Waals surface area (Å²) in [6, 6.07) is 0. The molecule has 0 saturated heterocycles. The first kappa shape index (κ1) is 29.8. The Morgan fingerprint density at radius 1 is 0.862 bits per heavy atom. The molecule has 0 saturated carbocycles. The number of carbonyl (C=O) groups is 3. The number of ketones is 2. The van der Waals surface area contributed by atoms with E-state index in [0.717, 1.165) is 45.1 Å². The molecule has 0 aliphatic carbocycles. The van der Waals surface area contributed by atoms with Gasteiger partial charge in [0.05, 0.1) is 0 Å². The number of hydrogen-bond acceptors (Lipinski definition) is 5. The van der Waals surface area contributed by atoms with Crippen molar-refractivity contribution < 1.29 is 19.1 Å². The first-order valence-corrected chi connectivity index (χ1v) is 11.2. The summed E-state index contributed by atoms with van der Waals surface area (Å²) < 4.78 is 5.12. The Bertz CT molecular complexity index is 458. The van der Waals surface area contributed by atoms with E-state index in [9.17, 15) is 14.4 Å². The molecule has 0 aliphatic heterocycles. The van der Waals surface area contributed by atoms with Crippen molar-refractivity contribution in [3.8, 4) is 0 Å². The molecular weight excluding hydrogens is 368 g/mol. The maximum atomic E-state index is 11.4. The standard InChI is InChI=1S/C14H27NO3.C9H19NO/c1-6-12(16)11(2)9-7-8-10-15-13(17)18-14(3,4)5;1-3-9(11)8(2)6-4-5-7-10/h11H,6-10H2,1-5H3,(H,15,17);8H,3-7,10H2,1-2H3/t11-;8-/m00/s1. The van der Waals surface area contributed by atoms with Crippen LogP contribution >= 0.6 is 0 Å². The number of unbranched alkanes of at least 4 members (excludes halogenated alkanes) is 2. The molecule has 0 bridgehead atoms. The molecule has 0 spiro atoms. The largest absolute Gasteiger partial charge is 0.444 e. The molecule has 0 aliphatic rings. The Morgan fingerprint density at radius 3 is 1.69 bits per heavy atom. The van der Waals surface area contributed by atoms with Gasteiger partial charge in [-0.1, -0.05) is 40.5 Å². The molecule has 0 radical (unpaired) electrons. The van der Waals surface area contributed by atoms with E-state index < -0.39 is 5.60 Å². The van der Waals surface area contributed by atoms with E-state index in [1.807, 2.05) is 48.5 Å². The average Bonchev–Trinajstić information content (AvgIpc) is 2.65. The van der Waals surface area contributed by atoms with E-state index in [4.69, 9.17) is 10.5 Å². The lowest BCUT2D eigenvalue weighted by Crippen LogP contribution is -2.33. The fourth-order valence-corrected chi connectivity index (χ4v) is 2.69. The van der Waals surface area contributed by atoms with Gasteiger partial charge in [-0.05, 0) is 53.0 Å². The number of rotatable bonds is 13. The summed E-state index contributed by atoms with van der Waals surface area (Å²) in [6.45, 7) is 14.6. The van der Waals surface area contributed by atoms with Crippen molar-refractivity contribution in [1.29, 1.82) is 0 Å². The monoisotopic (exact) mass is 414 g/mol. The Hall–Kier alpha value is -1.43. The molecule has 29 heavy (non-hydrogen) atoms. The third-order valence-corrected chi connectivity index (χ3v) is 4.62. The highest BCUT2D eigenvalue weighted by molar-refractivity contribution is 5.80. The second kappa shape index (κ2) is 17.4. The second-order valence-corrected chi connectivity index (χ2v) is 8.65. The summed E-state index contributed by atoms with van der Waals surface area (Å²) in [6.07, 6.45) is 6.75. The van der Waals surface area contributed by atoms with Gasteiger partial charge >= 0.3 is 6.09 Å². The van der Waals surface area contributed by atoms with Gasteiger partial charge in [0.1, 0.15) is 17.2 Å². The smallest absolute Gasteiger partial charge is 0.407 e. The van der Waals surface area contributed by atoms with Crippen molar-refractivity contribution in [3.05, 3.63) is 0 Å². The number of amides is 1. The van der Waals surface area contributed by atoms with Gasteiger partial charge in [0, 0.05) is 31.2 Å². The summed E-state index contributed by atoms with van der Waals surface area (Å²) in [5, 5.41) is 2.71. The zero-order valence-electron chi connectivity index (χ0n) is 19.9. The lowest BCUT2D eigenvalue weighted by molar-refractivity contribution is -0.123. The third kappa shape index (κ3) is 19.7. The van der Waals surface area contributed by atoms with E-state index in [-0.39, 0.29) is 17.9 Å². The maximum Gasteiger partial charge on any atom is 0.407 e. The zero-order chi connectivity index (χ0) is 22.9. The van der Waals surface area contributed by atoms with Crippen LogP contribution in [0.25, 0.3) is 0 Å². The SMILES string of the molecule is CCC(=O)[C@@H](C)CCCCN.CCC(=O)[C@@H](C)CCCCNC(=O)OC(C)(C)C. The normalized spacial score (nSPS) is 13.0. The van der Waals surface area contributed by atoms with Gasteiger partial charge in [-0.25, -0.2) is 4.79 Å². The number of Topliss-reactive ketones (excluding diaryl/α,β-unsaturated/α-hetero) is 2. The fourth-order valence-electron chi connectivity index (χ4n) is 2.69. The van der Waals surface area contributed by atoms with Crippen LogP contribution in [0.2, 0.25) is 0 Å². The van der Waals surface area contributed by atoms with Crippen molar-refractivity contribution in [2.24, 2.45) is 17.6 Å². The maximum absolute atomic E-state index is 11.4. The highest BCUT2D eigenvalue weighted by Gasteiger charge is 2.15. The van der Waals surface area contributed by atoms with Crippen molar-refractivity contribution in [2.75, 3.05) is 13.1 Å². The van der Waals surface area contributed by atoms with Crippen LogP contribution < -0.4 is 11.1 Å². The molecule has 172 valence electrons. The van der Waals surface area contributed by atoms with Crippen LogP contribution in [0.15, 0.2) is 0 Å². The van der Waals surface area contributed by atoms with E-state index in [2.05, 4.69) is 5.32 Å². The zero-order valence-corrected chi connectivity index (χ0v) is 19.9. The predicted octanol–water partition coefficient (Wildman–Crippen LogP) is 5.03. The van der Waals surface area contributed by atoms with E-state index >= 15 is 0 Å². The first-order valence-electron chi connectivity index (χ1n) is 11.2. The van der Waals surface area contributed by atoms with Crippen LogP contribution in [0.3, 0.4) is 0 Å². The van der Waals surface area contributed by atoms with Crippen molar-refractivity contribution in [3.63, 3.8) is 0 Å². The number of nitrogens with two attached hydrogens (primary N) is 1. The summed E-state index contributed by atoms with van der Waals surface area (Å²) in [4.78, 5) is 33.7. The number of hydrogen-bond donors (Lipinski definition) is 2. The quantitative estimate of drug-likeness (QED) is 0.412. The van der Waals surface area contributed by atoms with Crippen molar-refractivity contribution in [1.82, 2.24) is 5.32 Å². The van der Waals surface area contributed by atoms with E-state index in [0.29, 0.717) is 31.0 Å². The van der Waals surface area contributed by atoms with Crippen LogP contribution in [0, 0.1) is 11.8 Å². The predicted molar refractivity (Wildman–Crippen MR) is 120 cm³/mol. The molecule has 0 aromatic rings. The molecule has 6 nitrogen and oxygen atoms in total. The molecule has 0 rings (SSSR count). The average molecular weight is 415 g/mol. The lowest BCUT2D eigenvalue weighted by atomic mass is 9.98. The molecular formula is C23H46N2O4. The van der Waals surface area contributed by atoms with Gasteiger partial charge in [-0.15, -0.1) is 0 Å². The number of alkyl carbamates (subject to hydrolysis) is 1. The molecule has 0 fully saturated rings. The van der Waals surface area contributed by atoms with Gasteiger partial charge in [-0.2, -0.15) is 0 Å². The molecule has 0 unspecified atom stereocenters. The van der Waals surface area contributed by atoms with Crippen LogP contribution in [0.1, 0.15) is 99.8 Å². The van der Waals surface area contributed by atoms with Crippen LogP contribution in [-0.2, 0) is 14.3 Å². The van der Waals surface area contributed by atoms with Gasteiger partial charge in [0.25, 0.3) is 0 Å². The number of nitrogens with one attached hydrogen (secondary N) is 1. The van der Waals surface area contributed by atoms with Gasteiger partial charge in [0.15, 0.2) is 0 Å². The van der Waals surface area contributed by atoms with Crippen LogP contribution in [0.5, 0.6) is 0 Å². The molecule has 6 heteroatoms. The second-order valence-electron chi connectivity index (χ2n) is 8.65. The van der Waals surface area contributed by atoms with Crippen molar-refractivity contribution >= 4 is 17.7 Å². The number of carbonyl (C=O) groups excluding carboxylic acids is 3. The fraction of sp³-hybridized carbons (Fsp3) is 0.870. The van der Waals surface area contributed by atoms with Gasteiger partial charge in [0.2, 0.25) is 0 Å². The summed E-state index contributed by atoms with van der Waals surface area (Å²) in [7, 11) is 0. The Kier molecular flexibility index (Phi) is 17.9. The molecule has 0 heterocycles. The van der Waals surface area contributed by atoms with E-state index in [1.54, 1.807) is 0 Å². The highest BCUT2D eigenvalue weighted by atomic mass is 16.6. The minimum atomic E-state index is -0.452. The number of ether oxygens (including phenoxy) is 1. The molecule has 0 aromatic heterocycles. The Labute approximate surface area is 178 Å². The molecule has 3 N–H and O–H groups in total. The van der Waals surface area contributed by atoms with Crippen molar-refractivity contribution in [2.45, 2.75) is 105 Å².